The second kappa shape index (κ2) is 9.94. The van der Waals surface area contributed by atoms with Crippen LogP contribution in [0.25, 0.3) is 0 Å². The molecule has 0 saturated heterocycles. The number of carbonyl (C=O) groups excluding carboxylic acids is 3. The lowest BCUT2D eigenvalue weighted by molar-refractivity contribution is -0.125. The standard InChI is InChI=1S/C16H24N4O3S/c1-10(2)15(18)16(23)19-9-14(22)20-11-5-3-4-6-12(11)24-8-7-13(17)21/h3-6,10,15H,7-9,18H2,1-2H3,(H2,17,21)(H,19,23)(H,20,22)/t15-/m0/s1. The van der Waals surface area contributed by atoms with Crippen LogP contribution >= 0.6 is 11.8 Å². The number of thioether (sulfide) groups is 1. The normalized spacial score (nSPS) is 11.8. The van der Waals surface area contributed by atoms with Crippen molar-refractivity contribution in [1.82, 2.24) is 5.32 Å². The Kier molecular flexibility index (Phi) is 8.28. The first kappa shape index (κ1) is 20.0. The van der Waals surface area contributed by atoms with Crippen LogP contribution in [0, 0.1) is 5.92 Å². The van der Waals surface area contributed by atoms with Crippen LogP contribution in [0.5, 0.6) is 0 Å². The fourth-order valence-corrected chi connectivity index (χ4v) is 2.71. The molecule has 3 amide bonds. The molecule has 0 bridgehead atoms. The summed E-state index contributed by atoms with van der Waals surface area (Å²) in [6.45, 7) is 3.52. The fraction of sp³-hybridized carbons (Fsp3) is 0.438. The Hall–Kier alpha value is -2.06. The molecule has 1 aromatic rings. The summed E-state index contributed by atoms with van der Waals surface area (Å²) in [5, 5.41) is 5.26. The van der Waals surface area contributed by atoms with Gasteiger partial charge in [0.1, 0.15) is 0 Å². The Morgan fingerprint density at radius 2 is 1.88 bits per heavy atom. The molecular formula is C16H24N4O3S. The maximum Gasteiger partial charge on any atom is 0.243 e. The number of hydrogen-bond donors (Lipinski definition) is 4. The van der Waals surface area contributed by atoms with Crippen molar-refractivity contribution in [2.75, 3.05) is 17.6 Å². The molecule has 0 aliphatic rings. The van der Waals surface area contributed by atoms with E-state index in [0.717, 1.165) is 4.90 Å². The van der Waals surface area contributed by atoms with Crippen LogP contribution in [0.4, 0.5) is 5.69 Å². The van der Waals surface area contributed by atoms with Crippen molar-refractivity contribution in [2.45, 2.75) is 31.2 Å². The zero-order chi connectivity index (χ0) is 18.1. The number of benzene rings is 1. The van der Waals surface area contributed by atoms with Crippen molar-refractivity contribution < 1.29 is 14.4 Å². The highest BCUT2D eigenvalue weighted by molar-refractivity contribution is 7.99. The predicted octanol–water partition coefficient (Wildman–Crippen LogP) is 0.692. The van der Waals surface area contributed by atoms with E-state index in [9.17, 15) is 14.4 Å². The molecule has 1 atom stereocenters. The number of primary amides is 1. The number of amides is 3. The summed E-state index contributed by atoms with van der Waals surface area (Å²) in [4.78, 5) is 35.4. The van der Waals surface area contributed by atoms with E-state index < -0.39 is 6.04 Å². The second-order valence-electron chi connectivity index (χ2n) is 5.60. The quantitative estimate of drug-likeness (QED) is 0.486. The summed E-state index contributed by atoms with van der Waals surface area (Å²) >= 11 is 1.43. The molecule has 0 aliphatic heterocycles. The highest BCUT2D eigenvalue weighted by Crippen LogP contribution is 2.27. The highest BCUT2D eigenvalue weighted by atomic mass is 32.2. The van der Waals surface area contributed by atoms with Gasteiger partial charge in [0.2, 0.25) is 17.7 Å². The molecule has 0 heterocycles. The van der Waals surface area contributed by atoms with E-state index in [1.165, 1.54) is 11.8 Å². The summed E-state index contributed by atoms with van der Waals surface area (Å²) in [6, 6.07) is 6.59. The molecule has 0 unspecified atom stereocenters. The van der Waals surface area contributed by atoms with Gasteiger partial charge in [-0.3, -0.25) is 14.4 Å². The number of carbonyl (C=O) groups is 3. The highest BCUT2D eigenvalue weighted by Gasteiger charge is 2.17. The summed E-state index contributed by atoms with van der Waals surface area (Å²) < 4.78 is 0. The van der Waals surface area contributed by atoms with Gasteiger partial charge in [0.15, 0.2) is 0 Å². The number of nitrogens with one attached hydrogen (secondary N) is 2. The molecule has 0 radical (unpaired) electrons. The maximum absolute atomic E-state index is 12.0. The molecule has 0 aromatic heterocycles. The molecular weight excluding hydrogens is 328 g/mol. The molecule has 0 aliphatic carbocycles. The summed E-state index contributed by atoms with van der Waals surface area (Å²) in [6.07, 6.45) is 0.260. The van der Waals surface area contributed by atoms with Crippen molar-refractivity contribution in [3.8, 4) is 0 Å². The zero-order valence-corrected chi connectivity index (χ0v) is 14.7. The van der Waals surface area contributed by atoms with Gasteiger partial charge in [0, 0.05) is 17.1 Å². The van der Waals surface area contributed by atoms with E-state index >= 15 is 0 Å². The van der Waals surface area contributed by atoms with E-state index in [1.54, 1.807) is 12.1 Å². The summed E-state index contributed by atoms with van der Waals surface area (Å²) in [7, 11) is 0. The molecule has 0 spiro atoms. The molecule has 0 fully saturated rings. The van der Waals surface area contributed by atoms with Crippen molar-refractivity contribution in [1.29, 1.82) is 0 Å². The van der Waals surface area contributed by atoms with Crippen LogP contribution in [0.3, 0.4) is 0 Å². The number of rotatable bonds is 9. The minimum absolute atomic E-state index is 0.00422. The maximum atomic E-state index is 12.0. The first-order valence-corrected chi connectivity index (χ1v) is 8.63. The molecule has 6 N–H and O–H groups in total. The van der Waals surface area contributed by atoms with Gasteiger partial charge in [0.05, 0.1) is 18.3 Å². The van der Waals surface area contributed by atoms with Gasteiger partial charge >= 0.3 is 0 Å². The lowest BCUT2D eigenvalue weighted by Gasteiger charge is -2.15. The van der Waals surface area contributed by atoms with Crippen LogP contribution in [0.2, 0.25) is 0 Å². The summed E-state index contributed by atoms with van der Waals surface area (Å²) in [5.74, 6) is -0.544. The van der Waals surface area contributed by atoms with Gasteiger partial charge in [-0.05, 0) is 18.1 Å². The predicted molar refractivity (Wildman–Crippen MR) is 95.4 cm³/mol. The lowest BCUT2D eigenvalue weighted by Crippen LogP contribution is -2.46. The third-order valence-electron chi connectivity index (χ3n) is 3.21. The van der Waals surface area contributed by atoms with Gasteiger partial charge in [0.25, 0.3) is 0 Å². The third kappa shape index (κ3) is 7.01. The molecule has 132 valence electrons. The molecule has 7 nitrogen and oxygen atoms in total. The van der Waals surface area contributed by atoms with Gasteiger partial charge in [-0.25, -0.2) is 0 Å². The van der Waals surface area contributed by atoms with Crippen molar-refractivity contribution in [3.63, 3.8) is 0 Å². The van der Waals surface area contributed by atoms with Gasteiger partial charge in [-0.1, -0.05) is 26.0 Å². The van der Waals surface area contributed by atoms with Crippen LogP contribution < -0.4 is 22.1 Å². The first-order chi connectivity index (χ1) is 11.3. The largest absolute Gasteiger partial charge is 0.370 e. The SMILES string of the molecule is CC(C)[C@H](N)C(=O)NCC(=O)Nc1ccccc1SCCC(N)=O. The number of hydrogen-bond acceptors (Lipinski definition) is 5. The Labute approximate surface area is 145 Å². The molecule has 1 aromatic carbocycles. The average molecular weight is 352 g/mol. The van der Waals surface area contributed by atoms with E-state index in [2.05, 4.69) is 10.6 Å². The van der Waals surface area contributed by atoms with Crippen molar-refractivity contribution in [2.24, 2.45) is 17.4 Å². The number of anilines is 1. The lowest BCUT2D eigenvalue weighted by atomic mass is 10.1. The Bertz CT molecular complexity index is 592. The zero-order valence-electron chi connectivity index (χ0n) is 13.9. The number of nitrogens with two attached hydrogens (primary N) is 2. The topological polar surface area (TPSA) is 127 Å². The third-order valence-corrected chi connectivity index (χ3v) is 4.29. The van der Waals surface area contributed by atoms with Gasteiger partial charge in [-0.15, -0.1) is 11.8 Å². The molecule has 0 saturated carbocycles. The van der Waals surface area contributed by atoms with Crippen LogP contribution in [-0.2, 0) is 14.4 Å². The first-order valence-electron chi connectivity index (χ1n) is 7.64. The minimum atomic E-state index is -0.644. The second-order valence-corrected chi connectivity index (χ2v) is 6.73. The molecule has 24 heavy (non-hydrogen) atoms. The minimum Gasteiger partial charge on any atom is -0.370 e. The van der Waals surface area contributed by atoms with E-state index in [4.69, 9.17) is 11.5 Å². The Morgan fingerprint density at radius 1 is 1.21 bits per heavy atom. The Morgan fingerprint density at radius 3 is 2.50 bits per heavy atom. The smallest absolute Gasteiger partial charge is 0.243 e. The van der Waals surface area contributed by atoms with Crippen LogP contribution in [0.1, 0.15) is 20.3 Å². The van der Waals surface area contributed by atoms with Crippen molar-refractivity contribution in [3.05, 3.63) is 24.3 Å². The monoisotopic (exact) mass is 352 g/mol. The van der Waals surface area contributed by atoms with E-state index in [0.29, 0.717) is 11.4 Å². The van der Waals surface area contributed by atoms with E-state index in [-0.39, 0.29) is 36.6 Å². The van der Waals surface area contributed by atoms with Gasteiger partial charge in [-0.2, -0.15) is 0 Å². The van der Waals surface area contributed by atoms with Gasteiger partial charge < -0.3 is 22.1 Å². The molecule has 1 rings (SSSR count). The van der Waals surface area contributed by atoms with Crippen molar-refractivity contribution >= 4 is 35.2 Å². The van der Waals surface area contributed by atoms with Crippen LogP contribution in [-0.4, -0.2) is 36.1 Å². The number of para-hydroxylation sites is 1. The fourth-order valence-electron chi connectivity index (χ4n) is 1.74. The molecule has 8 heteroatoms. The van der Waals surface area contributed by atoms with E-state index in [1.807, 2.05) is 26.0 Å². The average Bonchev–Trinajstić information content (AvgIpc) is 2.53. The summed E-state index contributed by atoms with van der Waals surface area (Å²) in [5.41, 5.74) is 11.5. The van der Waals surface area contributed by atoms with Crippen LogP contribution in [0.15, 0.2) is 29.2 Å². The Balaban J connectivity index is 2.54.